The molecule has 0 amide bonds. The summed E-state index contributed by atoms with van der Waals surface area (Å²) in [6.45, 7) is 3.04. The van der Waals surface area contributed by atoms with Crippen LogP contribution in [-0.2, 0) is 4.84 Å². The topological polar surface area (TPSA) is 12.5 Å². The second kappa shape index (κ2) is 4.78. The third kappa shape index (κ3) is 2.24. The van der Waals surface area contributed by atoms with Crippen molar-refractivity contribution in [2.75, 3.05) is 18.7 Å². The van der Waals surface area contributed by atoms with E-state index in [0.29, 0.717) is 0 Å². The zero-order valence-electron chi connectivity index (χ0n) is 7.58. The minimum absolute atomic E-state index is 0.917. The quantitative estimate of drug-likeness (QED) is 0.633. The number of benzene rings is 1. The average Bonchev–Trinajstić information content (AvgIpc) is 2.15. The SMILES string of the molecule is CCCN(OC)c1cc[c]cc1. The Morgan fingerprint density at radius 2 is 2.08 bits per heavy atom. The summed E-state index contributed by atoms with van der Waals surface area (Å²) in [6, 6.07) is 10.7. The van der Waals surface area contributed by atoms with Gasteiger partial charge in [-0.2, -0.15) is 0 Å². The molecule has 0 fully saturated rings. The Morgan fingerprint density at radius 1 is 1.42 bits per heavy atom. The highest BCUT2D eigenvalue weighted by Gasteiger charge is 2.01. The lowest BCUT2D eigenvalue weighted by Gasteiger charge is -2.20. The molecule has 2 nitrogen and oxygen atoms in total. The van der Waals surface area contributed by atoms with Crippen LogP contribution in [0.2, 0.25) is 0 Å². The van der Waals surface area contributed by atoms with Crippen LogP contribution in [0, 0.1) is 6.07 Å². The molecular formula is C10H14NO. The third-order valence-corrected chi connectivity index (χ3v) is 1.64. The molecule has 0 heterocycles. The minimum Gasteiger partial charge on any atom is -0.277 e. The summed E-state index contributed by atoms with van der Waals surface area (Å²) < 4.78 is 0. The summed E-state index contributed by atoms with van der Waals surface area (Å²) in [7, 11) is 1.69. The number of hydroxylamine groups is 1. The molecule has 0 saturated heterocycles. The van der Waals surface area contributed by atoms with Gasteiger partial charge in [0.05, 0.1) is 12.8 Å². The molecule has 1 radical (unpaired) electrons. The molecule has 12 heavy (non-hydrogen) atoms. The maximum absolute atomic E-state index is 5.20. The summed E-state index contributed by atoms with van der Waals surface area (Å²) in [4.78, 5) is 5.20. The van der Waals surface area contributed by atoms with E-state index in [0.717, 1.165) is 18.7 Å². The average molecular weight is 164 g/mol. The molecule has 65 valence electrons. The molecular weight excluding hydrogens is 150 g/mol. The van der Waals surface area contributed by atoms with Crippen LogP contribution < -0.4 is 5.06 Å². The molecule has 1 rings (SSSR count). The molecule has 0 N–H and O–H groups in total. The second-order valence-electron chi connectivity index (χ2n) is 2.54. The van der Waals surface area contributed by atoms with Crippen LogP contribution in [-0.4, -0.2) is 13.7 Å². The summed E-state index contributed by atoms with van der Waals surface area (Å²) >= 11 is 0. The first-order chi connectivity index (χ1) is 5.88. The minimum atomic E-state index is 0.917. The number of rotatable bonds is 4. The molecule has 0 bridgehead atoms. The molecule has 0 saturated carbocycles. The second-order valence-corrected chi connectivity index (χ2v) is 2.54. The van der Waals surface area contributed by atoms with E-state index in [1.54, 1.807) is 7.11 Å². The fourth-order valence-corrected chi connectivity index (χ4v) is 1.07. The predicted octanol–water partition coefficient (Wildman–Crippen LogP) is 2.26. The van der Waals surface area contributed by atoms with Gasteiger partial charge in [-0.3, -0.25) is 9.90 Å². The van der Waals surface area contributed by atoms with Gasteiger partial charge in [0.2, 0.25) is 0 Å². The van der Waals surface area contributed by atoms with Crippen LogP contribution in [0.15, 0.2) is 24.3 Å². The Labute approximate surface area is 73.7 Å². The Bertz CT molecular complexity index is 210. The van der Waals surface area contributed by atoms with E-state index in [1.807, 2.05) is 29.3 Å². The largest absolute Gasteiger partial charge is 0.277 e. The van der Waals surface area contributed by atoms with E-state index < -0.39 is 0 Å². The molecule has 2 heteroatoms. The van der Waals surface area contributed by atoms with Crippen molar-refractivity contribution in [2.45, 2.75) is 13.3 Å². The fraction of sp³-hybridized carbons (Fsp3) is 0.400. The van der Waals surface area contributed by atoms with Gasteiger partial charge in [-0.05, 0) is 24.6 Å². The van der Waals surface area contributed by atoms with Crippen LogP contribution >= 0.6 is 0 Å². The molecule has 0 aliphatic rings. The first-order valence-corrected chi connectivity index (χ1v) is 4.16. The zero-order valence-corrected chi connectivity index (χ0v) is 7.58. The fourth-order valence-electron chi connectivity index (χ4n) is 1.07. The van der Waals surface area contributed by atoms with Gasteiger partial charge in [0.25, 0.3) is 0 Å². The van der Waals surface area contributed by atoms with Gasteiger partial charge in [0, 0.05) is 6.54 Å². The van der Waals surface area contributed by atoms with Crippen molar-refractivity contribution in [3.63, 3.8) is 0 Å². The monoisotopic (exact) mass is 164 g/mol. The Balaban J connectivity index is 2.66. The highest BCUT2D eigenvalue weighted by Crippen LogP contribution is 2.12. The van der Waals surface area contributed by atoms with Gasteiger partial charge in [-0.25, -0.2) is 0 Å². The maximum Gasteiger partial charge on any atom is 0.0639 e. The first kappa shape index (κ1) is 9.07. The van der Waals surface area contributed by atoms with Crippen molar-refractivity contribution >= 4 is 5.69 Å². The summed E-state index contributed by atoms with van der Waals surface area (Å²) in [6.07, 6.45) is 1.08. The van der Waals surface area contributed by atoms with Crippen LogP contribution in [0.3, 0.4) is 0 Å². The van der Waals surface area contributed by atoms with Crippen LogP contribution in [0.4, 0.5) is 5.69 Å². The van der Waals surface area contributed by atoms with Gasteiger partial charge in [-0.1, -0.05) is 19.1 Å². The molecule has 0 aromatic heterocycles. The zero-order chi connectivity index (χ0) is 8.81. The smallest absolute Gasteiger partial charge is 0.0639 e. The third-order valence-electron chi connectivity index (χ3n) is 1.64. The van der Waals surface area contributed by atoms with Gasteiger partial charge in [-0.15, -0.1) is 0 Å². The normalized spacial score (nSPS) is 9.83. The van der Waals surface area contributed by atoms with E-state index in [2.05, 4.69) is 13.0 Å². The number of nitrogens with zero attached hydrogens (tertiary/aromatic N) is 1. The molecule has 0 spiro atoms. The number of hydrogen-bond acceptors (Lipinski definition) is 2. The first-order valence-electron chi connectivity index (χ1n) is 4.16. The van der Waals surface area contributed by atoms with Crippen LogP contribution in [0.25, 0.3) is 0 Å². The number of anilines is 1. The van der Waals surface area contributed by atoms with Gasteiger partial charge in [0.15, 0.2) is 0 Å². The highest BCUT2D eigenvalue weighted by molar-refractivity contribution is 5.42. The van der Waals surface area contributed by atoms with Crippen molar-refractivity contribution < 1.29 is 4.84 Å². The lowest BCUT2D eigenvalue weighted by Crippen LogP contribution is -2.22. The Hall–Kier alpha value is -1.02. The molecule has 0 unspecified atom stereocenters. The van der Waals surface area contributed by atoms with Crippen LogP contribution in [0.1, 0.15) is 13.3 Å². The van der Waals surface area contributed by atoms with E-state index in [1.165, 1.54) is 0 Å². The summed E-state index contributed by atoms with van der Waals surface area (Å²) in [5.74, 6) is 0. The predicted molar refractivity (Wildman–Crippen MR) is 49.9 cm³/mol. The van der Waals surface area contributed by atoms with Gasteiger partial charge >= 0.3 is 0 Å². The highest BCUT2D eigenvalue weighted by atomic mass is 16.7. The van der Waals surface area contributed by atoms with Crippen molar-refractivity contribution in [1.29, 1.82) is 0 Å². The Morgan fingerprint density at radius 3 is 2.58 bits per heavy atom. The molecule has 1 aromatic carbocycles. The lowest BCUT2D eigenvalue weighted by atomic mass is 10.3. The lowest BCUT2D eigenvalue weighted by molar-refractivity contribution is 0.167. The number of hydrogen-bond donors (Lipinski definition) is 0. The summed E-state index contributed by atoms with van der Waals surface area (Å²) in [5, 5.41) is 1.87. The van der Waals surface area contributed by atoms with Gasteiger partial charge in [0.1, 0.15) is 0 Å². The standard InChI is InChI=1S/C10H14NO/c1-3-9-11(12-2)10-7-5-4-6-8-10/h5-8H,3,9H2,1-2H3. The van der Waals surface area contributed by atoms with Gasteiger partial charge < -0.3 is 0 Å². The molecule has 1 aromatic rings. The molecule has 0 aliphatic carbocycles. The summed E-state index contributed by atoms with van der Waals surface area (Å²) in [5.41, 5.74) is 1.08. The van der Waals surface area contributed by atoms with Crippen LogP contribution in [0.5, 0.6) is 0 Å². The van der Waals surface area contributed by atoms with E-state index in [9.17, 15) is 0 Å². The molecule has 0 aliphatic heterocycles. The van der Waals surface area contributed by atoms with Crippen molar-refractivity contribution in [2.24, 2.45) is 0 Å². The van der Waals surface area contributed by atoms with Crippen molar-refractivity contribution in [1.82, 2.24) is 0 Å². The van der Waals surface area contributed by atoms with E-state index in [-0.39, 0.29) is 0 Å². The van der Waals surface area contributed by atoms with Crippen molar-refractivity contribution in [3.8, 4) is 0 Å². The maximum atomic E-state index is 5.20. The molecule has 0 atom stereocenters. The van der Waals surface area contributed by atoms with E-state index in [4.69, 9.17) is 4.84 Å². The van der Waals surface area contributed by atoms with Crippen molar-refractivity contribution in [3.05, 3.63) is 30.3 Å². The Kier molecular flexibility index (Phi) is 3.61. The van der Waals surface area contributed by atoms with E-state index >= 15 is 0 Å².